The van der Waals surface area contributed by atoms with Gasteiger partial charge in [0.15, 0.2) is 0 Å². The largest absolute Gasteiger partial charge is 0.416 e. The molecule has 0 bridgehead atoms. The Morgan fingerprint density at radius 2 is 1.63 bits per heavy atom. The van der Waals surface area contributed by atoms with Gasteiger partial charge in [0.1, 0.15) is 0 Å². The van der Waals surface area contributed by atoms with Crippen LogP contribution in [-0.2, 0) is 6.18 Å². The maximum absolute atomic E-state index is 12.9. The zero-order chi connectivity index (χ0) is 19.6. The van der Waals surface area contributed by atoms with Gasteiger partial charge in [-0.1, -0.05) is 6.07 Å². The molecule has 142 valence electrons. The predicted octanol–water partition coefficient (Wildman–Crippen LogP) is 3.58. The lowest BCUT2D eigenvalue weighted by molar-refractivity contribution is -0.384. The van der Waals surface area contributed by atoms with Gasteiger partial charge in [-0.05, 0) is 30.3 Å². The van der Waals surface area contributed by atoms with Crippen LogP contribution in [0.15, 0.2) is 48.5 Å². The second-order valence-corrected chi connectivity index (χ2v) is 6.13. The number of hydrogen-bond acceptors (Lipinski definition) is 4. The highest BCUT2D eigenvalue weighted by molar-refractivity contribution is 5.94. The van der Waals surface area contributed by atoms with Crippen LogP contribution in [-0.4, -0.2) is 41.9 Å². The zero-order valence-corrected chi connectivity index (χ0v) is 14.1. The maximum Gasteiger partial charge on any atom is 0.416 e. The highest BCUT2D eigenvalue weighted by Crippen LogP contribution is 2.32. The minimum absolute atomic E-state index is 0.0964. The standard InChI is InChI=1S/C18H16F3N3O3/c19-18(20,21)14-2-1-3-16(12-14)22-8-10-23(11-9-22)17(25)13-4-6-15(7-5-13)24(26)27/h1-7,12H,8-11H2. The zero-order valence-electron chi connectivity index (χ0n) is 14.1. The minimum atomic E-state index is -4.40. The van der Waals surface area contributed by atoms with E-state index in [2.05, 4.69) is 0 Å². The molecule has 0 saturated carbocycles. The van der Waals surface area contributed by atoms with Gasteiger partial charge >= 0.3 is 6.18 Å². The number of halogens is 3. The van der Waals surface area contributed by atoms with Crippen LogP contribution in [0.25, 0.3) is 0 Å². The number of anilines is 1. The van der Waals surface area contributed by atoms with Crippen molar-refractivity contribution in [3.8, 4) is 0 Å². The summed E-state index contributed by atoms with van der Waals surface area (Å²) in [5.74, 6) is -0.256. The van der Waals surface area contributed by atoms with Crippen molar-refractivity contribution in [3.63, 3.8) is 0 Å². The number of benzene rings is 2. The Bertz CT molecular complexity index is 845. The lowest BCUT2D eigenvalue weighted by atomic mass is 10.1. The lowest BCUT2D eigenvalue weighted by Gasteiger charge is -2.36. The van der Waals surface area contributed by atoms with Gasteiger partial charge in [-0.2, -0.15) is 13.2 Å². The Balaban J connectivity index is 1.65. The lowest BCUT2D eigenvalue weighted by Crippen LogP contribution is -2.48. The molecule has 1 saturated heterocycles. The summed E-state index contributed by atoms with van der Waals surface area (Å²) in [6, 6.07) is 10.5. The van der Waals surface area contributed by atoms with Gasteiger partial charge in [0.05, 0.1) is 10.5 Å². The number of hydrogen-bond donors (Lipinski definition) is 0. The Labute approximate surface area is 153 Å². The molecule has 0 aromatic heterocycles. The minimum Gasteiger partial charge on any atom is -0.368 e. The molecule has 1 fully saturated rings. The monoisotopic (exact) mass is 379 g/mol. The highest BCUT2D eigenvalue weighted by Gasteiger charge is 2.31. The van der Waals surface area contributed by atoms with Crippen molar-refractivity contribution < 1.29 is 22.9 Å². The quantitative estimate of drug-likeness (QED) is 0.604. The number of amides is 1. The molecule has 3 rings (SSSR count). The Morgan fingerprint density at radius 1 is 1.00 bits per heavy atom. The first-order valence-electron chi connectivity index (χ1n) is 8.21. The van der Waals surface area contributed by atoms with E-state index in [1.54, 1.807) is 15.9 Å². The summed E-state index contributed by atoms with van der Waals surface area (Å²) in [5.41, 5.74) is 0.00526. The third-order valence-electron chi connectivity index (χ3n) is 4.43. The molecule has 0 spiro atoms. The van der Waals surface area contributed by atoms with Crippen LogP contribution >= 0.6 is 0 Å². The van der Waals surface area contributed by atoms with Crippen molar-refractivity contribution in [1.82, 2.24) is 4.90 Å². The molecule has 1 aliphatic rings. The number of nitro benzene ring substituents is 1. The van der Waals surface area contributed by atoms with Crippen molar-refractivity contribution in [2.75, 3.05) is 31.1 Å². The molecule has 9 heteroatoms. The van der Waals surface area contributed by atoms with Gasteiger partial charge in [0.2, 0.25) is 0 Å². The number of carbonyl (C=O) groups excluding carboxylic acids is 1. The number of carbonyl (C=O) groups is 1. The second-order valence-electron chi connectivity index (χ2n) is 6.13. The van der Waals surface area contributed by atoms with E-state index in [9.17, 15) is 28.1 Å². The number of nitro groups is 1. The van der Waals surface area contributed by atoms with Gasteiger partial charge in [-0.15, -0.1) is 0 Å². The number of piperazine rings is 1. The Kier molecular flexibility index (Phi) is 5.02. The molecule has 0 N–H and O–H groups in total. The molecule has 0 unspecified atom stereocenters. The van der Waals surface area contributed by atoms with Crippen molar-refractivity contribution in [2.24, 2.45) is 0 Å². The topological polar surface area (TPSA) is 66.7 Å². The number of nitrogens with zero attached hydrogens (tertiary/aromatic N) is 3. The molecule has 27 heavy (non-hydrogen) atoms. The number of rotatable bonds is 3. The summed E-state index contributed by atoms with van der Waals surface area (Å²) in [6.45, 7) is 1.51. The van der Waals surface area contributed by atoms with E-state index < -0.39 is 16.7 Å². The summed E-state index contributed by atoms with van der Waals surface area (Å²) in [5, 5.41) is 10.7. The molecule has 1 heterocycles. The maximum atomic E-state index is 12.9. The molecule has 0 radical (unpaired) electrons. The first-order chi connectivity index (χ1) is 12.8. The van der Waals surface area contributed by atoms with Gasteiger partial charge in [-0.25, -0.2) is 0 Å². The third kappa shape index (κ3) is 4.18. The average molecular weight is 379 g/mol. The van der Waals surface area contributed by atoms with Crippen LogP contribution in [0.4, 0.5) is 24.5 Å². The summed E-state index contributed by atoms with van der Waals surface area (Å²) in [4.78, 5) is 26.0. The van der Waals surface area contributed by atoms with Crippen molar-refractivity contribution >= 4 is 17.3 Å². The summed E-state index contributed by atoms with van der Waals surface area (Å²) in [6.07, 6.45) is -4.40. The van der Waals surface area contributed by atoms with Crippen molar-refractivity contribution in [3.05, 3.63) is 69.8 Å². The van der Waals surface area contributed by atoms with Gasteiger partial charge in [0.25, 0.3) is 11.6 Å². The fourth-order valence-electron chi connectivity index (χ4n) is 2.95. The SMILES string of the molecule is O=C(c1ccc([N+](=O)[O-])cc1)N1CCN(c2cccc(C(F)(F)F)c2)CC1. The molecule has 1 amide bonds. The molecule has 0 atom stereocenters. The molecule has 2 aromatic carbocycles. The summed E-state index contributed by atoms with van der Waals surface area (Å²) in [7, 11) is 0. The second kappa shape index (κ2) is 7.26. The van der Waals surface area contributed by atoms with E-state index in [4.69, 9.17) is 0 Å². The van der Waals surface area contributed by atoms with Crippen LogP contribution in [0.3, 0.4) is 0 Å². The van der Waals surface area contributed by atoms with Crippen molar-refractivity contribution in [2.45, 2.75) is 6.18 Å². The third-order valence-corrected chi connectivity index (χ3v) is 4.43. The number of non-ortho nitro benzene ring substituents is 1. The van der Waals surface area contributed by atoms with Crippen molar-refractivity contribution in [1.29, 1.82) is 0 Å². The fraction of sp³-hybridized carbons (Fsp3) is 0.278. The van der Waals surface area contributed by atoms with Crippen LogP contribution in [0.2, 0.25) is 0 Å². The summed E-state index contributed by atoms with van der Waals surface area (Å²) < 4.78 is 38.6. The van der Waals surface area contributed by atoms with E-state index in [0.717, 1.165) is 12.1 Å². The Morgan fingerprint density at radius 3 is 2.19 bits per heavy atom. The highest BCUT2D eigenvalue weighted by atomic mass is 19.4. The molecule has 6 nitrogen and oxygen atoms in total. The fourth-order valence-corrected chi connectivity index (χ4v) is 2.95. The van der Waals surface area contributed by atoms with E-state index in [1.165, 1.54) is 30.3 Å². The van der Waals surface area contributed by atoms with E-state index in [1.807, 2.05) is 0 Å². The van der Waals surface area contributed by atoms with Crippen LogP contribution in [0.1, 0.15) is 15.9 Å². The molecule has 1 aliphatic heterocycles. The van der Waals surface area contributed by atoms with E-state index in [0.29, 0.717) is 37.4 Å². The molecule has 0 aliphatic carbocycles. The molecule has 2 aromatic rings. The van der Waals surface area contributed by atoms with Crippen LogP contribution in [0.5, 0.6) is 0 Å². The Hall–Kier alpha value is -3.10. The average Bonchev–Trinajstić information content (AvgIpc) is 2.67. The smallest absolute Gasteiger partial charge is 0.368 e. The molecular weight excluding hydrogens is 363 g/mol. The normalized spacial score (nSPS) is 14.9. The van der Waals surface area contributed by atoms with Crippen LogP contribution in [0, 0.1) is 10.1 Å². The van der Waals surface area contributed by atoms with E-state index >= 15 is 0 Å². The predicted molar refractivity (Wildman–Crippen MR) is 92.7 cm³/mol. The van der Waals surface area contributed by atoms with Gasteiger partial charge in [-0.3, -0.25) is 14.9 Å². The van der Waals surface area contributed by atoms with Gasteiger partial charge < -0.3 is 9.80 Å². The summed E-state index contributed by atoms with van der Waals surface area (Å²) >= 11 is 0. The number of alkyl halides is 3. The first kappa shape index (κ1) is 18.7. The molecular formula is C18H16F3N3O3. The first-order valence-corrected chi connectivity index (χ1v) is 8.21. The van der Waals surface area contributed by atoms with Gasteiger partial charge in [0, 0.05) is 49.6 Å². The van der Waals surface area contributed by atoms with E-state index in [-0.39, 0.29) is 11.6 Å². The van der Waals surface area contributed by atoms with Crippen LogP contribution < -0.4 is 4.90 Å².